The largest absolute Gasteiger partial charge is 0.454 e. The maximum Gasteiger partial charge on any atom is 0.233 e. The Morgan fingerprint density at radius 1 is 1.03 bits per heavy atom. The van der Waals surface area contributed by atoms with Gasteiger partial charge in [-0.1, -0.05) is 37.5 Å². The van der Waals surface area contributed by atoms with Gasteiger partial charge in [0.05, 0.1) is 5.41 Å². The number of likely N-dealkylation sites (tertiary alicyclic amines) is 1. The molecule has 3 aliphatic rings. The van der Waals surface area contributed by atoms with Gasteiger partial charge in [0.15, 0.2) is 11.5 Å². The van der Waals surface area contributed by atoms with Crippen molar-refractivity contribution < 1.29 is 23.5 Å². The number of nitrogens with one attached hydrogen (secondary N) is 1. The van der Waals surface area contributed by atoms with E-state index >= 15 is 0 Å². The minimum atomic E-state index is -0.538. The first-order valence-corrected chi connectivity index (χ1v) is 12.7. The molecule has 7 heteroatoms. The number of carbonyl (C=O) groups is 2. The molecule has 0 unspecified atom stereocenters. The summed E-state index contributed by atoms with van der Waals surface area (Å²) in [7, 11) is 0. The first-order chi connectivity index (χ1) is 17.0. The van der Waals surface area contributed by atoms with Crippen LogP contribution < -0.4 is 14.8 Å². The second-order valence-corrected chi connectivity index (χ2v) is 10.1. The van der Waals surface area contributed by atoms with Crippen molar-refractivity contribution >= 4 is 11.8 Å². The first-order valence-electron chi connectivity index (χ1n) is 12.7. The van der Waals surface area contributed by atoms with Crippen LogP contribution in [0.15, 0.2) is 36.4 Å². The van der Waals surface area contributed by atoms with E-state index in [1.807, 2.05) is 29.2 Å². The molecule has 1 saturated heterocycles. The van der Waals surface area contributed by atoms with Crippen molar-refractivity contribution in [2.24, 2.45) is 5.92 Å². The van der Waals surface area contributed by atoms with Gasteiger partial charge in [-0.2, -0.15) is 0 Å². The molecule has 0 atom stereocenters. The van der Waals surface area contributed by atoms with Crippen LogP contribution in [0.4, 0.5) is 4.39 Å². The monoisotopic (exact) mass is 480 g/mol. The van der Waals surface area contributed by atoms with Gasteiger partial charge >= 0.3 is 0 Å². The van der Waals surface area contributed by atoms with Crippen molar-refractivity contribution in [3.05, 3.63) is 58.9 Å². The number of ether oxygens (including phenoxy) is 2. The molecule has 0 aromatic heterocycles. The van der Waals surface area contributed by atoms with Crippen LogP contribution in [0, 0.1) is 18.7 Å². The van der Waals surface area contributed by atoms with Gasteiger partial charge in [-0.25, -0.2) is 4.39 Å². The summed E-state index contributed by atoms with van der Waals surface area (Å²) in [6, 6.07) is 10.9. The highest BCUT2D eigenvalue weighted by Crippen LogP contribution is 2.45. The molecule has 1 N–H and O–H groups in total. The van der Waals surface area contributed by atoms with Crippen molar-refractivity contribution in [3.63, 3.8) is 0 Å². The first kappa shape index (κ1) is 23.6. The average Bonchev–Trinajstić information content (AvgIpc) is 3.37. The van der Waals surface area contributed by atoms with E-state index in [-0.39, 0.29) is 30.3 Å². The molecule has 1 saturated carbocycles. The predicted octanol–water partition coefficient (Wildman–Crippen LogP) is 4.62. The van der Waals surface area contributed by atoms with Gasteiger partial charge in [0.2, 0.25) is 18.6 Å². The van der Waals surface area contributed by atoms with Gasteiger partial charge in [0, 0.05) is 25.6 Å². The van der Waals surface area contributed by atoms with Gasteiger partial charge in [0.25, 0.3) is 0 Å². The van der Waals surface area contributed by atoms with E-state index < -0.39 is 5.41 Å². The number of hydrogen-bond acceptors (Lipinski definition) is 4. The van der Waals surface area contributed by atoms with Crippen molar-refractivity contribution in [1.29, 1.82) is 0 Å². The standard InChI is InChI=1S/C28H33FN2O4/c1-19-5-6-20(15-23(19)29)17-30-26(32)21-9-13-31(14-10-21)27(33)28(11-3-2-4-12-28)22-7-8-24-25(16-22)35-18-34-24/h5-8,15-16,21H,2-4,9-14,17-18H2,1H3,(H,30,32). The number of benzene rings is 2. The van der Waals surface area contributed by atoms with Crippen LogP contribution in [0.5, 0.6) is 11.5 Å². The number of nitrogens with zero attached hydrogens (tertiary/aromatic N) is 1. The maximum absolute atomic E-state index is 13.9. The molecular formula is C28H33FN2O4. The minimum absolute atomic E-state index is 0.0266. The smallest absolute Gasteiger partial charge is 0.233 e. The minimum Gasteiger partial charge on any atom is -0.454 e. The summed E-state index contributed by atoms with van der Waals surface area (Å²) in [6.45, 7) is 3.39. The van der Waals surface area contributed by atoms with Crippen molar-refractivity contribution in [2.75, 3.05) is 19.9 Å². The number of piperidine rings is 1. The molecule has 0 radical (unpaired) electrons. The molecule has 0 spiro atoms. The van der Waals surface area contributed by atoms with Crippen molar-refractivity contribution in [3.8, 4) is 11.5 Å². The lowest BCUT2D eigenvalue weighted by Gasteiger charge is -2.42. The van der Waals surface area contributed by atoms with Gasteiger partial charge in [-0.05, 0) is 67.5 Å². The molecule has 1 aliphatic carbocycles. The van der Waals surface area contributed by atoms with Crippen LogP contribution in [0.1, 0.15) is 61.6 Å². The van der Waals surface area contributed by atoms with Crippen molar-refractivity contribution in [2.45, 2.75) is 63.8 Å². The molecule has 186 valence electrons. The summed E-state index contributed by atoms with van der Waals surface area (Å²) in [5, 5.41) is 2.95. The normalized spacial score (nSPS) is 19.4. The molecule has 6 nitrogen and oxygen atoms in total. The fourth-order valence-corrected chi connectivity index (χ4v) is 5.70. The van der Waals surface area contributed by atoms with E-state index in [9.17, 15) is 14.0 Å². The molecule has 2 heterocycles. The second-order valence-electron chi connectivity index (χ2n) is 10.1. The Balaban J connectivity index is 1.22. The van der Waals surface area contributed by atoms with Gasteiger partial charge in [-0.15, -0.1) is 0 Å². The predicted molar refractivity (Wildman–Crippen MR) is 130 cm³/mol. The summed E-state index contributed by atoms with van der Waals surface area (Å²) in [5.74, 6) is 1.19. The Bertz CT molecular complexity index is 1100. The Kier molecular flexibility index (Phi) is 6.67. The summed E-state index contributed by atoms with van der Waals surface area (Å²) in [4.78, 5) is 28.7. The SMILES string of the molecule is Cc1ccc(CNC(=O)C2CCN(C(=O)C3(c4ccc5c(c4)OCO5)CCCCC3)CC2)cc1F. The average molecular weight is 481 g/mol. The lowest BCUT2D eigenvalue weighted by atomic mass is 9.68. The summed E-state index contributed by atoms with van der Waals surface area (Å²) >= 11 is 0. The highest BCUT2D eigenvalue weighted by atomic mass is 19.1. The van der Waals surface area contributed by atoms with Crippen LogP contribution in [0.3, 0.4) is 0 Å². The Hall–Kier alpha value is -3.09. The number of aryl methyl sites for hydroxylation is 1. The zero-order chi connectivity index (χ0) is 24.4. The Morgan fingerprint density at radius 3 is 2.51 bits per heavy atom. The number of halogens is 1. The molecule has 2 fully saturated rings. The highest BCUT2D eigenvalue weighted by Gasteiger charge is 2.45. The molecule has 0 bridgehead atoms. The van der Waals surface area contributed by atoms with E-state index in [1.54, 1.807) is 13.0 Å². The van der Waals surface area contributed by atoms with Crippen LogP contribution in [-0.4, -0.2) is 36.6 Å². The third-order valence-electron chi connectivity index (χ3n) is 7.90. The molecule has 2 amide bonds. The zero-order valence-electron chi connectivity index (χ0n) is 20.3. The van der Waals surface area contributed by atoms with Gasteiger partial charge in [0.1, 0.15) is 5.82 Å². The topological polar surface area (TPSA) is 67.9 Å². The summed E-state index contributed by atoms with van der Waals surface area (Å²) < 4.78 is 24.9. The van der Waals surface area contributed by atoms with Crippen LogP contribution >= 0.6 is 0 Å². The lowest BCUT2D eigenvalue weighted by Crippen LogP contribution is -2.51. The molecule has 2 aromatic carbocycles. The van der Waals surface area contributed by atoms with E-state index in [1.165, 1.54) is 6.07 Å². The van der Waals surface area contributed by atoms with E-state index in [2.05, 4.69) is 5.32 Å². The van der Waals surface area contributed by atoms with Crippen LogP contribution in [-0.2, 0) is 21.5 Å². The number of carbonyl (C=O) groups excluding carboxylic acids is 2. The fourth-order valence-electron chi connectivity index (χ4n) is 5.70. The van der Waals surface area contributed by atoms with Gasteiger partial charge < -0.3 is 19.7 Å². The number of fused-ring (bicyclic) bond motifs is 1. The summed E-state index contributed by atoms with van der Waals surface area (Å²) in [5.41, 5.74) is 1.81. The van der Waals surface area contributed by atoms with E-state index in [0.717, 1.165) is 49.0 Å². The van der Waals surface area contributed by atoms with Crippen molar-refractivity contribution in [1.82, 2.24) is 10.2 Å². The zero-order valence-corrected chi connectivity index (χ0v) is 20.3. The summed E-state index contributed by atoms with van der Waals surface area (Å²) in [6.07, 6.45) is 6.14. The molecule has 2 aromatic rings. The van der Waals surface area contributed by atoms with Crippen LogP contribution in [0.25, 0.3) is 0 Å². The quantitative estimate of drug-likeness (QED) is 0.678. The maximum atomic E-state index is 13.9. The molecule has 35 heavy (non-hydrogen) atoms. The van der Waals surface area contributed by atoms with E-state index in [0.29, 0.717) is 43.8 Å². The van der Waals surface area contributed by atoms with E-state index in [4.69, 9.17) is 9.47 Å². The second kappa shape index (κ2) is 9.88. The number of amides is 2. The lowest BCUT2D eigenvalue weighted by molar-refractivity contribution is -0.142. The molecule has 2 aliphatic heterocycles. The third-order valence-corrected chi connectivity index (χ3v) is 7.90. The number of rotatable bonds is 5. The molecule has 5 rings (SSSR count). The van der Waals surface area contributed by atoms with Gasteiger partial charge in [-0.3, -0.25) is 9.59 Å². The molecular weight excluding hydrogens is 447 g/mol. The highest BCUT2D eigenvalue weighted by molar-refractivity contribution is 5.89. The Labute approximate surface area is 205 Å². The fraction of sp³-hybridized carbons (Fsp3) is 0.500. The van der Waals surface area contributed by atoms with Crippen LogP contribution in [0.2, 0.25) is 0 Å². The third kappa shape index (κ3) is 4.73. The Morgan fingerprint density at radius 2 is 1.77 bits per heavy atom. The number of hydrogen-bond donors (Lipinski definition) is 1.